The smallest absolute Gasteiger partial charge is 0.191 e. The summed E-state index contributed by atoms with van der Waals surface area (Å²) in [4.78, 5) is 8.93. The molecular formula is C22H33IN4O2S. The van der Waals surface area contributed by atoms with Crippen molar-refractivity contribution in [2.24, 2.45) is 4.99 Å². The van der Waals surface area contributed by atoms with Gasteiger partial charge in [0, 0.05) is 56.1 Å². The number of thiazole rings is 1. The second kappa shape index (κ2) is 11.9. The van der Waals surface area contributed by atoms with Crippen LogP contribution in [0.25, 0.3) is 0 Å². The fraction of sp³-hybridized carbons (Fsp3) is 0.545. The number of ether oxygens (including phenoxy) is 2. The first-order valence-corrected chi connectivity index (χ1v) is 11.0. The molecule has 0 atom stereocenters. The lowest BCUT2D eigenvalue weighted by Gasteiger charge is -2.39. The van der Waals surface area contributed by atoms with Crippen molar-refractivity contribution in [3.63, 3.8) is 0 Å². The molecular weight excluding hydrogens is 511 g/mol. The molecule has 1 fully saturated rings. The predicted octanol–water partition coefficient (Wildman–Crippen LogP) is 3.84. The van der Waals surface area contributed by atoms with Crippen molar-refractivity contribution in [3.8, 4) is 5.75 Å². The standard InChI is InChI=1S/C22H32N4O2S.HI/c1-16-5-6-20(27-4)19(13-16)22(8-11-28-12-9-22)15-25-21(23-3)24-10-7-18-14-29-17(2)26-18;/h5-6,13-14H,7-12,15H2,1-4H3,(H2,23,24,25);1H. The SMILES string of the molecule is CN=C(NCCc1csc(C)n1)NCC1(c2cc(C)ccc2OC)CCOCC1.I. The van der Waals surface area contributed by atoms with Gasteiger partial charge in [-0.3, -0.25) is 4.99 Å². The third-order valence-electron chi connectivity index (χ3n) is 5.53. The first kappa shape index (κ1) is 24.9. The Bertz CT molecular complexity index is 834. The highest BCUT2D eigenvalue weighted by Gasteiger charge is 2.37. The van der Waals surface area contributed by atoms with Gasteiger partial charge in [0.1, 0.15) is 5.75 Å². The van der Waals surface area contributed by atoms with Gasteiger partial charge in [-0.05, 0) is 32.8 Å². The van der Waals surface area contributed by atoms with Gasteiger partial charge < -0.3 is 20.1 Å². The fourth-order valence-electron chi connectivity index (χ4n) is 3.85. The number of nitrogens with one attached hydrogen (secondary N) is 2. The van der Waals surface area contributed by atoms with Crippen molar-refractivity contribution in [2.75, 3.05) is 40.5 Å². The Labute approximate surface area is 200 Å². The maximum atomic E-state index is 5.71. The number of halogens is 1. The van der Waals surface area contributed by atoms with E-state index in [9.17, 15) is 0 Å². The van der Waals surface area contributed by atoms with Gasteiger partial charge >= 0.3 is 0 Å². The van der Waals surface area contributed by atoms with Gasteiger partial charge in [-0.25, -0.2) is 4.98 Å². The van der Waals surface area contributed by atoms with E-state index in [4.69, 9.17) is 9.47 Å². The highest BCUT2D eigenvalue weighted by Crippen LogP contribution is 2.40. The molecule has 166 valence electrons. The molecule has 0 unspecified atom stereocenters. The van der Waals surface area contributed by atoms with Crippen LogP contribution in [0.15, 0.2) is 28.6 Å². The van der Waals surface area contributed by atoms with Gasteiger partial charge in [0.15, 0.2) is 5.96 Å². The number of aryl methyl sites for hydroxylation is 2. The van der Waals surface area contributed by atoms with Crippen molar-refractivity contribution in [1.82, 2.24) is 15.6 Å². The maximum Gasteiger partial charge on any atom is 0.191 e. The number of aromatic nitrogens is 1. The molecule has 0 spiro atoms. The van der Waals surface area contributed by atoms with Crippen LogP contribution < -0.4 is 15.4 Å². The van der Waals surface area contributed by atoms with E-state index in [-0.39, 0.29) is 29.4 Å². The van der Waals surface area contributed by atoms with E-state index in [1.165, 1.54) is 11.1 Å². The van der Waals surface area contributed by atoms with E-state index in [0.29, 0.717) is 0 Å². The summed E-state index contributed by atoms with van der Waals surface area (Å²) in [5.74, 6) is 1.76. The van der Waals surface area contributed by atoms with E-state index in [2.05, 4.69) is 51.1 Å². The quantitative estimate of drug-likeness (QED) is 0.315. The summed E-state index contributed by atoms with van der Waals surface area (Å²) in [5.41, 5.74) is 3.58. The van der Waals surface area contributed by atoms with Gasteiger partial charge in [0.05, 0.1) is 17.8 Å². The summed E-state index contributed by atoms with van der Waals surface area (Å²) >= 11 is 1.69. The molecule has 1 aliphatic rings. The molecule has 0 saturated carbocycles. The van der Waals surface area contributed by atoms with Gasteiger partial charge in [0.2, 0.25) is 0 Å². The number of guanidine groups is 1. The first-order chi connectivity index (χ1) is 14.1. The highest BCUT2D eigenvalue weighted by molar-refractivity contribution is 14.0. The Balaban J connectivity index is 0.00000320. The van der Waals surface area contributed by atoms with Crippen LogP contribution in [0.2, 0.25) is 0 Å². The molecule has 2 N–H and O–H groups in total. The van der Waals surface area contributed by atoms with Crippen LogP contribution >= 0.6 is 35.3 Å². The summed E-state index contributed by atoms with van der Waals surface area (Å²) in [6.07, 6.45) is 2.79. The largest absolute Gasteiger partial charge is 0.496 e. The third-order valence-corrected chi connectivity index (χ3v) is 6.36. The van der Waals surface area contributed by atoms with Crippen LogP contribution in [-0.2, 0) is 16.6 Å². The van der Waals surface area contributed by atoms with E-state index in [1.807, 2.05) is 14.0 Å². The Morgan fingerprint density at radius 3 is 2.67 bits per heavy atom. The average Bonchev–Trinajstić information content (AvgIpc) is 3.16. The van der Waals surface area contributed by atoms with Crippen LogP contribution in [0.1, 0.15) is 34.7 Å². The minimum atomic E-state index is -0.0424. The van der Waals surface area contributed by atoms with Crippen LogP contribution in [0.4, 0.5) is 0 Å². The fourth-order valence-corrected chi connectivity index (χ4v) is 4.49. The highest BCUT2D eigenvalue weighted by atomic mass is 127. The molecule has 1 aromatic carbocycles. The van der Waals surface area contributed by atoms with Crippen LogP contribution in [0.3, 0.4) is 0 Å². The molecule has 0 amide bonds. The van der Waals surface area contributed by atoms with Crippen LogP contribution in [0.5, 0.6) is 5.75 Å². The number of aliphatic imine (C=N–C) groups is 1. The summed E-state index contributed by atoms with van der Waals surface area (Å²) in [6.45, 7) is 7.26. The zero-order valence-corrected chi connectivity index (χ0v) is 21.4. The lowest BCUT2D eigenvalue weighted by Crippen LogP contribution is -2.48. The van der Waals surface area contributed by atoms with Crippen LogP contribution in [-0.4, -0.2) is 51.4 Å². The second-order valence-corrected chi connectivity index (χ2v) is 8.62. The van der Waals surface area contributed by atoms with Crippen molar-refractivity contribution >= 4 is 41.3 Å². The summed E-state index contributed by atoms with van der Waals surface area (Å²) < 4.78 is 11.4. The van der Waals surface area contributed by atoms with Gasteiger partial charge in [-0.1, -0.05) is 17.7 Å². The number of nitrogens with zero attached hydrogens (tertiary/aromatic N) is 2. The van der Waals surface area contributed by atoms with Gasteiger partial charge in [-0.2, -0.15) is 0 Å². The molecule has 0 aliphatic carbocycles. The molecule has 8 heteroatoms. The summed E-state index contributed by atoms with van der Waals surface area (Å²) in [7, 11) is 3.56. The molecule has 0 radical (unpaired) electrons. The zero-order chi connectivity index (χ0) is 20.7. The van der Waals surface area contributed by atoms with Crippen molar-refractivity contribution in [2.45, 2.75) is 38.5 Å². The third kappa shape index (κ3) is 6.31. The van der Waals surface area contributed by atoms with Crippen molar-refractivity contribution < 1.29 is 9.47 Å². The van der Waals surface area contributed by atoms with E-state index in [0.717, 1.165) is 68.0 Å². The van der Waals surface area contributed by atoms with Gasteiger partial charge in [-0.15, -0.1) is 35.3 Å². The summed E-state index contributed by atoms with van der Waals surface area (Å²) in [5, 5.41) is 10.2. The molecule has 1 aliphatic heterocycles. The minimum Gasteiger partial charge on any atom is -0.496 e. The average molecular weight is 545 g/mol. The molecule has 1 aromatic heterocycles. The van der Waals surface area contributed by atoms with Gasteiger partial charge in [0.25, 0.3) is 0 Å². The minimum absolute atomic E-state index is 0. The Kier molecular flexibility index (Phi) is 9.83. The zero-order valence-electron chi connectivity index (χ0n) is 18.3. The normalized spacial score (nSPS) is 15.9. The lowest BCUT2D eigenvalue weighted by atomic mass is 9.73. The topological polar surface area (TPSA) is 67.8 Å². The molecule has 2 heterocycles. The molecule has 6 nitrogen and oxygen atoms in total. The molecule has 0 bridgehead atoms. The van der Waals surface area contributed by atoms with E-state index in [1.54, 1.807) is 18.4 Å². The lowest BCUT2D eigenvalue weighted by molar-refractivity contribution is 0.0505. The van der Waals surface area contributed by atoms with E-state index < -0.39 is 0 Å². The summed E-state index contributed by atoms with van der Waals surface area (Å²) in [6, 6.07) is 6.43. The van der Waals surface area contributed by atoms with E-state index >= 15 is 0 Å². The number of benzene rings is 1. The number of rotatable bonds is 7. The monoisotopic (exact) mass is 544 g/mol. The number of hydrogen-bond donors (Lipinski definition) is 2. The second-order valence-electron chi connectivity index (χ2n) is 7.56. The maximum absolute atomic E-state index is 5.71. The Morgan fingerprint density at radius 1 is 1.27 bits per heavy atom. The molecule has 2 aromatic rings. The Hall–Kier alpha value is -1.39. The number of hydrogen-bond acceptors (Lipinski definition) is 5. The molecule has 30 heavy (non-hydrogen) atoms. The van der Waals surface area contributed by atoms with Crippen LogP contribution in [0, 0.1) is 13.8 Å². The predicted molar refractivity (Wildman–Crippen MR) is 135 cm³/mol. The van der Waals surface area contributed by atoms with Crippen molar-refractivity contribution in [1.29, 1.82) is 0 Å². The molecule has 1 saturated heterocycles. The first-order valence-electron chi connectivity index (χ1n) is 10.1. The van der Waals surface area contributed by atoms with Crippen molar-refractivity contribution in [3.05, 3.63) is 45.4 Å². The Morgan fingerprint density at radius 2 is 2.03 bits per heavy atom. The molecule has 3 rings (SSSR count). The number of methoxy groups -OCH3 is 1.